The summed E-state index contributed by atoms with van der Waals surface area (Å²) in [6.45, 7) is 18.5. The number of ether oxygens (including phenoxy) is 1. The Morgan fingerprint density at radius 2 is 1.68 bits per heavy atom. The largest absolute Gasteiger partial charge is 0.368 e. The lowest BCUT2D eigenvalue weighted by atomic mass is 9.74. The predicted molar refractivity (Wildman–Crippen MR) is 82.3 cm³/mol. The van der Waals surface area contributed by atoms with E-state index < -0.39 is 0 Å². The number of nitrogens with two attached hydrogens (primary N) is 1. The molecule has 0 bridgehead atoms. The fourth-order valence-electron chi connectivity index (χ4n) is 3.70. The fraction of sp³-hybridized carbons (Fsp3) is 1.00. The molecule has 3 nitrogen and oxygen atoms in total. The normalized spacial score (nSPS) is 31.7. The molecule has 1 aliphatic rings. The van der Waals surface area contributed by atoms with Crippen molar-refractivity contribution in [3.8, 4) is 0 Å². The molecule has 2 N–H and O–H groups in total. The van der Waals surface area contributed by atoms with Gasteiger partial charge in [-0.1, -0.05) is 20.8 Å². The van der Waals surface area contributed by atoms with E-state index in [4.69, 9.17) is 10.5 Å². The quantitative estimate of drug-likeness (QED) is 0.856. The molecule has 3 heteroatoms. The molecule has 1 rings (SSSR count). The number of hydrogen-bond donors (Lipinski definition) is 1. The second kappa shape index (κ2) is 4.71. The van der Waals surface area contributed by atoms with Gasteiger partial charge in [0, 0.05) is 12.6 Å². The Hall–Kier alpha value is -0.120. The standard InChI is InChI=1S/C16H34N2O/c1-12(13(2,3)4)18(9)16(11-17)10-14(5,6)19-15(16,7)8/h12H,10-11,17H2,1-9H3. The van der Waals surface area contributed by atoms with E-state index in [0.717, 1.165) is 6.42 Å². The van der Waals surface area contributed by atoms with Crippen molar-refractivity contribution in [3.63, 3.8) is 0 Å². The number of likely N-dealkylation sites (N-methyl/N-ethyl adjacent to an activating group) is 1. The minimum atomic E-state index is -0.237. The highest BCUT2D eigenvalue weighted by molar-refractivity contribution is 5.13. The second-order valence-corrected chi connectivity index (χ2v) is 8.44. The van der Waals surface area contributed by atoms with E-state index in [1.807, 2.05) is 0 Å². The van der Waals surface area contributed by atoms with Crippen LogP contribution in [0.4, 0.5) is 0 Å². The van der Waals surface area contributed by atoms with E-state index in [-0.39, 0.29) is 22.2 Å². The van der Waals surface area contributed by atoms with Crippen molar-refractivity contribution in [1.82, 2.24) is 4.90 Å². The molecule has 1 fully saturated rings. The lowest BCUT2D eigenvalue weighted by Gasteiger charge is -2.51. The van der Waals surface area contributed by atoms with Gasteiger partial charge in [0.15, 0.2) is 0 Å². The maximum atomic E-state index is 6.31. The molecule has 0 radical (unpaired) electrons. The third kappa shape index (κ3) is 2.84. The van der Waals surface area contributed by atoms with Gasteiger partial charge in [0.1, 0.15) is 0 Å². The molecule has 114 valence electrons. The first-order valence-corrected chi connectivity index (χ1v) is 7.42. The van der Waals surface area contributed by atoms with Gasteiger partial charge < -0.3 is 10.5 Å². The zero-order chi connectivity index (χ0) is 15.3. The van der Waals surface area contributed by atoms with E-state index >= 15 is 0 Å². The summed E-state index contributed by atoms with van der Waals surface area (Å²) in [5.74, 6) is 0. The first kappa shape index (κ1) is 16.9. The molecule has 19 heavy (non-hydrogen) atoms. The zero-order valence-corrected chi connectivity index (χ0v) is 14.4. The molecule has 2 unspecified atom stereocenters. The predicted octanol–water partition coefficient (Wildman–Crippen LogP) is 3.03. The van der Waals surface area contributed by atoms with E-state index in [0.29, 0.717) is 12.6 Å². The van der Waals surface area contributed by atoms with Crippen molar-refractivity contribution in [2.75, 3.05) is 13.6 Å². The average molecular weight is 270 g/mol. The minimum absolute atomic E-state index is 0.108. The third-order valence-electron chi connectivity index (χ3n) is 5.22. The van der Waals surface area contributed by atoms with Gasteiger partial charge in [-0.15, -0.1) is 0 Å². The van der Waals surface area contributed by atoms with Gasteiger partial charge in [-0.3, -0.25) is 4.90 Å². The molecule has 0 aromatic carbocycles. The molecule has 1 heterocycles. The van der Waals surface area contributed by atoms with E-state index in [2.05, 4.69) is 67.3 Å². The van der Waals surface area contributed by atoms with Crippen molar-refractivity contribution < 1.29 is 4.74 Å². The molecule has 0 spiro atoms. The van der Waals surface area contributed by atoms with Gasteiger partial charge in [0.05, 0.1) is 16.7 Å². The van der Waals surface area contributed by atoms with E-state index in [1.54, 1.807) is 0 Å². The van der Waals surface area contributed by atoms with Crippen LogP contribution < -0.4 is 5.73 Å². The maximum absolute atomic E-state index is 6.31. The molecule has 0 aromatic rings. The lowest BCUT2D eigenvalue weighted by molar-refractivity contribution is -0.111. The SMILES string of the molecule is CC(N(C)C1(CN)CC(C)(C)OC1(C)C)C(C)(C)C. The summed E-state index contributed by atoms with van der Waals surface area (Å²) in [6.07, 6.45) is 0.973. The monoisotopic (exact) mass is 270 g/mol. The van der Waals surface area contributed by atoms with Crippen molar-refractivity contribution in [3.05, 3.63) is 0 Å². The maximum Gasteiger partial charge on any atom is 0.0830 e. The summed E-state index contributed by atoms with van der Waals surface area (Å²) in [7, 11) is 2.20. The molecule has 0 aromatic heterocycles. The molecular formula is C16H34N2O. The van der Waals surface area contributed by atoms with Gasteiger partial charge in [-0.05, 0) is 53.5 Å². The van der Waals surface area contributed by atoms with Gasteiger partial charge in [-0.2, -0.15) is 0 Å². The summed E-state index contributed by atoms with van der Waals surface area (Å²) >= 11 is 0. The molecule has 1 aliphatic heterocycles. The minimum Gasteiger partial charge on any atom is -0.368 e. The number of hydrogen-bond acceptors (Lipinski definition) is 3. The van der Waals surface area contributed by atoms with Gasteiger partial charge in [0.2, 0.25) is 0 Å². The topological polar surface area (TPSA) is 38.5 Å². The lowest BCUT2D eigenvalue weighted by Crippen LogP contribution is -2.65. The van der Waals surface area contributed by atoms with Crippen LogP contribution in [-0.4, -0.2) is 41.3 Å². The van der Waals surface area contributed by atoms with Crippen LogP contribution in [0.2, 0.25) is 0 Å². The van der Waals surface area contributed by atoms with Crippen LogP contribution in [-0.2, 0) is 4.74 Å². The fourth-order valence-corrected chi connectivity index (χ4v) is 3.70. The molecule has 0 aliphatic carbocycles. The van der Waals surface area contributed by atoms with Gasteiger partial charge in [0.25, 0.3) is 0 Å². The van der Waals surface area contributed by atoms with Crippen LogP contribution in [0.5, 0.6) is 0 Å². The van der Waals surface area contributed by atoms with Crippen LogP contribution in [0.1, 0.15) is 61.8 Å². The first-order chi connectivity index (χ1) is 8.29. The van der Waals surface area contributed by atoms with Gasteiger partial charge >= 0.3 is 0 Å². The first-order valence-electron chi connectivity index (χ1n) is 7.42. The number of rotatable bonds is 3. The van der Waals surface area contributed by atoms with Crippen LogP contribution >= 0.6 is 0 Å². The highest BCUT2D eigenvalue weighted by Crippen LogP contribution is 2.49. The third-order valence-corrected chi connectivity index (χ3v) is 5.22. The summed E-state index contributed by atoms with van der Waals surface area (Å²) in [5.41, 5.74) is 5.99. The van der Waals surface area contributed by atoms with Crippen LogP contribution in [0.15, 0.2) is 0 Å². The van der Waals surface area contributed by atoms with Crippen molar-refractivity contribution in [1.29, 1.82) is 0 Å². The second-order valence-electron chi connectivity index (χ2n) is 8.44. The van der Waals surface area contributed by atoms with Crippen LogP contribution in [0.3, 0.4) is 0 Å². The molecular weight excluding hydrogens is 236 g/mol. The van der Waals surface area contributed by atoms with Crippen LogP contribution in [0, 0.1) is 5.41 Å². The van der Waals surface area contributed by atoms with Crippen molar-refractivity contribution in [2.45, 2.75) is 84.6 Å². The summed E-state index contributed by atoms with van der Waals surface area (Å²) in [4.78, 5) is 2.46. The molecule has 2 atom stereocenters. The van der Waals surface area contributed by atoms with E-state index in [9.17, 15) is 0 Å². The Bertz CT molecular complexity index is 330. The smallest absolute Gasteiger partial charge is 0.0830 e. The highest BCUT2D eigenvalue weighted by atomic mass is 16.5. The Kier molecular flexibility index (Phi) is 4.20. The Morgan fingerprint density at radius 1 is 1.21 bits per heavy atom. The van der Waals surface area contributed by atoms with Crippen molar-refractivity contribution >= 4 is 0 Å². The Morgan fingerprint density at radius 3 is 1.95 bits per heavy atom. The number of nitrogens with zero attached hydrogens (tertiary/aromatic N) is 1. The average Bonchev–Trinajstić information content (AvgIpc) is 2.40. The Labute approximate surface area is 119 Å². The highest BCUT2D eigenvalue weighted by Gasteiger charge is 2.59. The molecule has 0 amide bonds. The molecule has 1 saturated heterocycles. The Balaban J connectivity index is 3.18. The molecule has 0 saturated carbocycles. The summed E-state index contributed by atoms with van der Waals surface area (Å²) < 4.78 is 6.31. The van der Waals surface area contributed by atoms with Gasteiger partial charge in [-0.25, -0.2) is 0 Å². The van der Waals surface area contributed by atoms with Crippen molar-refractivity contribution in [2.24, 2.45) is 11.1 Å². The summed E-state index contributed by atoms with van der Waals surface area (Å²) in [5, 5.41) is 0. The van der Waals surface area contributed by atoms with E-state index in [1.165, 1.54) is 0 Å². The summed E-state index contributed by atoms with van der Waals surface area (Å²) in [6, 6.07) is 0.438. The van der Waals surface area contributed by atoms with Crippen LogP contribution in [0.25, 0.3) is 0 Å². The zero-order valence-electron chi connectivity index (χ0n) is 14.4.